The van der Waals surface area contributed by atoms with Gasteiger partial charge in [0, 0.05) is 37.9 Å². The molecule has 1 aliphatic heterocycles. The molecule has 1 amide bonds. The van der Waals surface area contributed by atoms with E-state index in [1.54, 1.807) is 6.20 Å². The maximum absolute atomic E-state index is 12.1. The van der Waals surface area contributed by atoms with Crippen molar-refractivity contribution in [2.75, 3.05) is 19.6 Å². The van der Waals surface area contributed by atoms with Gasteiger partial charge in [-0.05, 0) is 25.5 Å². The highest BCUT2D eigenvalue weighted by atomic mass is 16.2. The summed E-state index contributed by atoms with van der Waals surface area (Å²) in [6, 6.07) is 6.22. The molecule has 92 valence electrons. The molecular weight excluding hydrogens is 214 g/mol. The molecule has 4 heteroatoms. The Morgan fingerprint density at radius 3 is 2.88 bits per heavy atom. The fraction of sp³-hybridized carbons (Fsp3) is 0.538. The minimum Gasteiger partial charge on any atom is -0.337 e. The van der Waals surface area contributed by atoms with Crippen LogP contribution in [0.5, 0.6) is 0 Å². The predicted molar refractivity (Wildman–Crippen MR) is 66.6 cm³/mol. The van der Waals surface area contributed by atoms with Gasteiger partial charge in [0.05, 0.1) is 6.04 Å². The van der Waals surface area contributed by atoms with E-state index in [1.165, 1.54) is 0 Å². The van der Waals surface area contributed by atoms with Crippen molar-refractivity contribution < 1.29 is 4.79 Å². The molecule has 0 saturated carbocycles. The van der Waals surface area contributed by atoms with E-state index in [2.05, 4.69) is 10.3 Å². The van der Waals surface area contributed by atoms with Crippen LogP contribution in [-0.2, 0) is 11.2 Å². The van der Waals surface area contributed by atoms with E-state index in [0.29, 0.717) is 12.5 Å². The molecule has 0 aliphatic carbocycles. The zero-order chi connectivity index (χ0) is 12.1. The summed E-state index contributed by atoms with van der Waals surface area (Å²) in [6.45, 7) is 4.71. The molecule has 1 aromatic heterocycles. The molecule has 0 spiro atoms. The van der Waals surface area contributed by atoms with Gasteiger partial charge < -0.3 is 10.2 Å². The summed E-state index contributed by atoms with van der Waals surface area (Å²) >= 11 is 0. The predicted octanol–water partition coefficient (Wildman–Crippen LogP) is 0.835. The quantitative estimate of drug-likeness (QED) is 0.819. The Balaban J connectivity index is 1.83. The molecule has 0 radical (unpaired) electrons. The summed E-state index contributed by atoms with van der Waals surface area (Å²) in [5.41, 5.74) is 0.989. The van der Waals surface area contributed by atoms with Gasteiger partial charge in [-0.3, -0.25) is 9.78 Å². The summed E-state index contributed by atoms with van der Waals surface area (Å²) < 4.78 is 0. The van der Waals surface area contributed by atoms with Crippen molar-refractivity contribution in [2.45, 2.75) is 25.8 Å². The molecule has 1 fully saturated rings. The third-order valence-corrected chi connectivity index (χ3v) is 3.18. The van der Waals surface area contributed by atoms with Gasteiger partial charge in [-0.25, -0.2) is 0 Å². The molecule has 1 N–H and O–H groups in total. The Morgan fingerprint density at radius 2 is 2.35 bits per heavy atom. The second-order valence-electron chi connectivity index (χ2n) is 4.31. The van der Waals surface area contributed by atoms with Gasteiger partial charge in [0.25, 0.3) is 0 Å². The Kier molecular flexibility index (Phi) is 4.09. The van der Waals surface area contributed by atoms with E-state index in [9.17, 15) is 4.79 Å². The standard InChI is InChI=1S/C13H19N3O/c1-2-16(12-9-14-10-12)13(17)7-6-11-5-3-4-8-15-11/h3-5,8,12,14H,2,6-7,9-10H2,1H3. The molecule has 1 saturated heterocycles. The molecule has 0 bridgehead atoms. The van der Waals surface area contributed by atoms with Crippen LogP contribution in [0, 0.1) is 0 Å². The Hall–Kier alpha value is -1.42. The molecule has 4 nitrogen and oxygen atoms in total. The van der Waals surface area contributed by atoms with E-state index < -0.39 is 0 Å². The lowest BCUT2D eigenvalue weighted by atomic mass is 10.1. The number of hydrogen-bond acceptors (Lipinski definition) is 3. The normalized spacial score (nSPS) is 15.4. The number of rotatable bonds is 5. The number of aromatic nitrogens is 1. The highest BCUT2D eigenvalue weighted by Gasteiger charge is 2.26. The van der Waals surface area contributed by atoms with Crippen LogP contribution < -0.4 is 5.32 Å². The number of amides is 1. The van der Waals surface area contributed by atoms with Gasteiger partial charge in [-0.15, -0.1) is 0 Å². The van der Waals surface area contributed by atoms with Gasteiger partial charge in [0.15, 0.2) is 0 Å². The van der Waals surface area contributed by atoms with E-state index in [1.807, 2.05) is 30.0 Å². The second-order valence-corrected chi connectivity index (χ2v) is 4.31. The molecule has 1 aromatic rings. The van der Waals surface area contributed by atoms with Crippen LogP contribution in [0.3, 0.4) is 0 Å². The summed E-state index contributed by atoms with van der Waals surface area (Å²) in [6.07, 6.45) is 3.06. The van der Waals surface area contributed by atoms with Crippen LogP contribution in [0.1, 0.15) is 19.0 Å². The van der Waals surface area contributed by atoms with Crippen molar-refractivity contribution in [1.29, 1.82) is 0 Å². The fourth-order valence-corrected chi connectivity index (χ4v) is 2.06. The van der Waals surface area contributed by atoms with Gasteiger partial charge in [0.2, 0.25) is 5.91 Å². The molecule has 2 rings (SSSR count). The number of likely N-dealkylation sites (N-methyl/N-ethyl adjacent to an activating group) is 1. The molecule has 2 heterocycles. The summed E-state index contributed by atoms with van der Waals surface area (Å²) in [5, 5.41) is 3.20. The van der Waals surface area contributed by atoms with Crippen LogP contribution in [-0.4, -0.2) is 41.5 Å². The first-order valence-corrected chi connectivity index (χ1v) is 6.21. The molecule has 1 aliphatic rings. The maximum atomic E-state index is 12.1. The Bertz CT molecular complexity index is 362. The number of carbonyl (C=O) groups excluding carboxylic acids is 1. The minimum atomic E-state index is 0.240. The van der Waals surface area contributed by atoms with Gasteiger partial charge >= 0.3 is 0 Å². The third kappa shape index (κ3) is 3.03. The highest BCUT2D eigenvalue weighted by Crippen LogP contribution is 2.08. The number of carbonyl (C=O) groups is 1. The Labute approximate surface area is 102 Å². The van der Waals surface area contributed by atoms with Crippen molar-refractivity contribution in [3.63, 3.8) is 0 Å². The minimum absolute atomic E-state index is 0.240. The lowest BCUT2D eigenvalue weighted by Gasteiger charge is -2.37. The molecule has 0 aromatic carbocycles. The van der Waals surface area contributed by atoms with E-state index in [4.69, 9.17) is 0 Å². The zero-order valence-electron chi connectivity index (χ0n) is 10.2. The summed E-state index contributed by atoms with van der Waals surface area (Å²) in [7, 11) is 0. The van der Waals surface area contributed by atoms with Crippen molar-refractivity contribution >= 4 is 5.91 Å². The molecule has 17 heavy (non-hydrogen) atoms. The lowest BCUT2D eigenvalue weighted by Crippen LogP contribution is -2.58. The van der Waals surface area contributed by atoms with E-state index in [0.717, 1.165) is 31.7 Å². The highest BCUT2D eigenvalue weighted by molar-refractivity contribution is 5.76. The first-order chi connectivity index (χ1) is 8.31. The maximum Gasteiger partial charge on any atom is 0.223 e. The van der Waals surface area contributed by atoms with Gasteiger partial charge in [-0.1, -0.05) is 6.07 Å². The number of aryl methyl sites for hydroxylation is 1. The summed E-state index contributed by atoms with van der Waals surface area (Å²) in [5.74, 6) is 0.240. The van der Waals surface area contributed by atoms with E-state index in [-0.39, 0.29) is 5.91 Å². The van der Waals surface area contributed by atoms with Crippen molar-refractivity contribution in [3.8, 4) is 0 Å². The number of hydrogen-bond donors (Lipinski definition) is 1. The lowest BCUT2D eigenvalue weighted by molar-refractivity contribution is -0.134. The van der Waals surface area contributed by atoms with Crippen LogP contribution in [0.25, 0.3) is 0 Å². The van der Waals surface area contributed by atoms with Gasteiger partial charge in [0.1, 0.15) is 0 Å². The topological polar surface area (TPSA) is 45.2 Å². The van der Waals surface area contributed by atoms with Crippen LogP contribution in [0.15, 0.2) is 24.4 Å². The van der Waals surface area contributed by atoms with Crippen molar-refractivity contribution in [3.05, 3.63) is 30.1 Å². The fourth-order valence-electron chi connectivity index (χ4n) is 2.06. The number of nitrogens with zero attached hydrogens (tertiary/aromatic N) is 2. The molecular formula is C13H19N3O. The van der Waals surface area contributed by atoms with Crippen molar-refractivity contribution in [2.24, 2.45) is 0 Å². The average Bonchev–Trinajstić information content (AvgIpc) is 2.31. The summed E-state index contributed by atoms with van der Waals surface area (Å²) in [4.78, 5) is 18.3. The first kappa shape index (κ1) is 12.0. The SMILES string of the molecule is CCN(C(=O)CCc1ccccn1)C1CNC1. The zero-order valence-corrected chi connectivity index (χ0v) is 10.2. The first-order valence-electron chi connectivity index (χ1n) is 6.21. The van der Waals surface area contributed by atoms with E-state index >= 15 is 0 Å². The second kappa shape index (κ2) is 5.77. The van der Waals surface area contributed by atoms with Crippen LogP contribution >= 0.6 is 0 Å². The number of pyridine rings is 1. The monoisotopic (exact) mass is 233 g/mol. The largest absolute Gasteiger partial charge is 0.337 e. The third-order valence-electron chi connectivity index (χ3n) is 3.18. The number of nitrogens with one attached hydrogen (secondary N) is 1. The smallest absolute Gasteiger partial charge is 0.223 e. The molecule has 0 unspecified atom stereocenters. The van der Waals surface area contributed by atoms with Crippen LogP contribution in [0.4, 0.5) is 0 Å². The van der Waals surface area contributed by atoms with Crippen molar-refractivity contribution in [1.82, 2.24) is 15.2 Å². The molecule has 0 atom stereocenters. The van der Waals surface area contributed by atoms with Gasteiger partial charge in [-0.2, -0.15) is 0 Å². The average molecular weight is 233 g/mol. The van der Waals surface area contributed by atoms with Crippen LogP contribution in [0.2, 0.25) is 0 Å². The Morgan fingerprint density at radius 1 is 1.53 bits per heavy atom.